The zero-order valence-corrected chi connectivity index (χ0v) is 15.2. The van der Waals surface area contributed by atoms with E-state index in [4.69, 9.17) is 4.52 Å². The van der Waals surface area contributed by atoms with Crippen LogP contribution in [-0.2, 0) is 11.2 Å². The smallest absolute Gasteiger partial charge is 0.226 e. The molecule has 4 rings (SSSR count). The van der Waals surface area contributed by atoms with Gasteiger partial charge in [-0.25, -0.2) is 4.98 Å². The lowest BCUT2D eigenvalue weighted by Gasteiger charge is -2.00. The van der Waals surface area contributed by atoms with Crippen LogP contribution in [0.5, 0.6) is 0 Å². The zero-order valence-electron chi connectivity index (χ0n) is 14.4. The maximum atomic E-state index is 12.1. The van der Waals surface area contributed by atoms with Crippen LogP contribution in [0.3, 0.4) is 0 Å². The summed E-state index contributed by atoms with van der Waals surface area (Å²) in [7, 11) is 0. The second kappa shape index (κ2) is 7.96. The average molecular weight is 379 g/mol. The van der Waals surface area contributed by atoms with Gasteiger partial charge < -0.3 is 14.8 Å². The van der Waals surface area contributed by atoms with Crippen LogP contribution >= 0.6 is 11.3 Å². The number of carbonyl (C=O) groups excluding carboxylic acids is 1. The standard InChI is InChI=1S/C19H17N5O2S/c25-16(22-19-21-15(12-27-19)14-8-5-11-20-14)9-4-10-17-23-18(24-26-17)13-6-2-1-3-7-13/h1-3,5-8,11-12,20H,4,9-10H2,(H,21,22,25). The topological polar surface area (TPSA) is 96.7 Å². The molecule has 7 nitrogen and oxygen atoms in total. The monoisotopic (exact) mass is 379 g/mol. The summed E-state index contributed by atoms with van der Waals surface area (Å²) in [5.74, 6) is 1.02. The number of nitrogens with zero attached hydrogens (tertiary/aromatic N) is 3. The van der Waals surface area contributed by atoms with Crippen LogP contribution in [0.15, 0.2) is 58.6 Å². The van der Waals surface area contributed by atoms with E-state index in [1.165, 1.54) is 11.3 Å². The van der Waals surface area contributed by atoms with E-state index in [-0.39, 0.29) is 5.91 Å². The number of H-pyrrole nitrogens is 1. The van der Waals surface area contributed by atoms with Crippen LogP contribution in [0.25, 0.3) is 22.8 Å². The lowest BCUT2D eigenvalue weighted by molar-refractivity contribution is -0.116. The van der Waals surface area contributed by atoms with Crippen molar-refractivity contribution in [3.63, 3.8) is 0 Å². The zero-order chi connectivity index (χ0) is 18.5. The number of thiazole rings is 1. The highest BCUT2D eigenvalue weighted by Gasteiger charge is 2.11. The molecule has 0 aliphatic heterocycles. The van der Waals surface area contributed by atoms with E-state index in [9.17, 15) is 4.79 Å². The lowest BCUT2D eigenvalue weighted by atomic mass is 10.2. The molecule has 0 atom stereocenters. The van der Waals surface area contributed by atoms with Crippen molar-refractivity contribution in [2.24, 2.45) is 0 Å². The molecule has 4 aromatic rings. The van der Waals surface area contributed by atoms with Gasteiger partial charge in [0.2, 0.25) is 17.6 Å². The molecule has 0 fully saturated rings. The number of nitrogens with one attached hydrogen (secondary N) is 2. The second-order valence-electron chi connectivity index (χ2n) is 5.90. The number of amides is 1. The maximum absolute atomic E-state index is 12.1. The third-order valence-corrected chi connectivity index (χ3v) is 4.68. The van der Waals surface area contributed by atoms with Gasteiger partial charge in [-0.3, -0.25) is 4.79 Å². The number of hydrogen-bond acceptors (Lipinski definition) is 6. The number of carbonyl (C=O) groups is 1. The fourth-order valence-electron chi connectivity index (χ4n) is 2.59. The fourth-order valence-corrected chi connectivity index (χ4v) is 3.31. The molecule has 136 valence electrons. The van der Waals surface area contributed by atoms with E-state index < -0.39 is 0 Å². The van der Waals surface area contributed by atoms with Crippen molar-refractivity contribution in [1.82, 2.24) is 20.1 Å². The van der Waals surface area contributed by atoms with Crippen molar-refractivity contribution >= 4 is 22.4 Å². The van der Waals surface area contributed by atoms with Crippen LogP contribution < -0.4 is 5.32 Å². The molecule has 3 aromatic heterocycles. The van der Waals surface area contributed by atoms with E-state index in [0.29, 0.717) is 36.1 Å². The van der Waals surface area contributed by atoms with Gasteiger partial charge in [-0.05, 0) is 18.6 Å². The van der Waals surface area contributed by atoms with Gasteiger partial charge in [0.05, 0.1) is 11.4 Å². The molecule has 2 N–H and O–H groups in total. The first-order valence-corrected chi connectivity index (χ1v) is 9.43. The van der Waals surface area contributed by atoms with Gasteiger partial charge in [-0.15, -0.1) is 11.3 Å². The van der Waals surface area contributed by atoms with Crippen molar-refractivity contribution in [3.8, 4) is 22.8 Å². The summed E-state index contributed by atoms with van der Waals surface area (Å²) in [6.45, 7) is 0. The lowest BCUT2D eigenvalue weighted by Crippen LogP contribution is -2.11. The third-order valence-electron chi connectivity index (χ3n) is 3.92. The fraction of sp³-hybridized carbons (Fsp3) is 0.158. The molecule has 0 aliphatic rings. The number of aromatic nitrogens is 4. The van der Waals surface area contributed by atoms with Gasteiger partial charge in [0, 0.05) is 30.0 Å². The van der Waals surface area contributed by atoms with Crippen LogP contribution in [0, 0.1) is 0 Å². The Balaban J connectivity index is 1.26. The van der Waals surface area contributed by atoms with E-state index >= 15 is 0 Å². The van der Waals surface area contributed by atoms with Gasteiger partial charge in [0.15, 0.2) is 5.13 Å². The Morgan fingerprint density at radius 1 is 1.15 bits per heavy atom. The van der Waals surface area contributed by atoms with Gasteiger partial charge in [-0.1, -0.05) is 35.5 Å². The van der Waals surface area contributed by atoms with Crippen molar-refractivity contribution in [2.45, 2.75) is 19.3 Å². The highest BCUT2D eigenvalue weighted by Crippen LogP contribution is 2.23. The van der Waals surface area contributed by atoms with Gasteiger partial charge in [0.1, 0.15) is 0 Å². The van der Waals surface area contributed by atoms with E-state index in [0.717, 1.165) is 17.0 Å². The van der Waals surface area contributed by atoms with E-state index in [1.807, 2.05) is 54.0 Å². The van der Waals surface area contributed by atoms with Gasteiger partial charge in [-0.2, -0.15) is 4.98 Å². The van der Waals surface area contributed by atoms with Gasteiger partial charge >= 0.3 is 0 Å². The summed E-state index contributed by atoms with van der Waals surface area (Å²) in [5, 5.41) is 9.31. The molecular weight excluding hydrogens is 362 g/mol. The Morgan fingerprint density at radius 3 is 2.85 bits per heavy atom. The van der Waals surface area contributed by atoms with Crippen molar-refractivity contribution in [2.75, 3.05) is 5.32 Å². The first-order chi connectivity index (χ1) is 13.3. The summed E-state index contributed by atoms with van der Waals surface area (Å²) in [6, 6.07) is 13.5. The average Bonchev–Trinajstić information content (AvgIpc) is 3.44. The normalized spacial score (nSPS) is 10.8. The molecule has 3 heterocycles. The summed E-state index contributed by atoms with van der Waals surface area (Å²) in [6.07, 6.45) is 3.38. The summed E-state index contributed by atoms with van der Waals surface area (Å²) >= 11 is 1.40. The first-order valence-electron chi connectivity index (χ1n) is 8.55. The number of anilines is 1. The largest absolute Gasteiger partial charge is 0.360 e. The van der Waals surface area contributed by atoms with Crippen molar-refractivity contribution < 1.29 is 9.32 Å². The Bertz CT molecular complexity index is 1010. The van der Waals surface area contributed by atoms with Crippen LogP contribution in [0.4, 0.5) is 5.13 Å². The number of aryl methyl sites for hydroxylation is 1. The molecule has 0 saturated carbocycles. The van der Waals surface area contributed by atoms with Crippen LogP contribution in [0.2, 0.25) is 0 Å². The van der Waals surface area contributed by atoms with E-state index in [1.54, 1.807) is 0 Å². The summed E-state index contributed by atoms with van der Waals surface area (Å²) in [5.41, 5.74) is 2.66. The number of aromatic amines is 1. The van der Waals surface area contributed by atoms with Crippen molar-refractivity contribution in [3.05, 3.63) is 59.9 Å². The Kier molecular flexibility index (Phi) is 5.06. The number of hydrogen-bond donors (Lipinski definition) is 2. The molecule has 1 aromatic carbocycles. The Labute approximate surface area is 159 Å². The molecule has 27 heavy (non-hydrogen) atoms. The molecule has 8 heteroatoms. The minimum Gasteiger partial charge on any atom is -0.360 e. The van der Waals surface area contributed by atoms with Crippen molar-refractivity contribution in [1.29, 1.82) is 0 Å². The number of benzene rings is 1. The third kappa shape index (κ3) is 4.29. The van der Waals surface area contributed by atoms with Crippen LogP contribution in [0.1, 0.15) is 18.7 Å². The summed E-state index contributed by atoms with van der Waals surface area (Å²) in [4.78, 5) is 24.0. The highest BCUT2D eigenvalue weighted by molar-refractivity contribution is 7.14. The second-order valence-corrected chi connectivity index (χ2v) is 6.76. The number of rotatable bonds is 7. The van der Waals surface area contributed by atoms with Crippen LogP contribution in [-0.4, -0.2) is 26.0 Å². The summed E-state index contributed by atoms with van der Waals surface area (Å²) < 4.78 is 5.26. The quantitative estimate of drug-likeness (QED) is 0.503. The molecule has 0 bridgehead atoms. The Hall–Kier alpha value is -3.26. The maximum Gasteiger partial charge on any atom is 0.226 e. The Morgan fingerprint density at radius 2 is 2.04 bits per heavy atom. The first kappa shape index (κ1) is 17.2. The molecule has 0 radical (unpaired) electrons. The van der Waals surface area contributed by atoms with E-state index in [2.05, 4.69) is 25.4 Å². The minimum atomic E-state index is -0.0785. The minimum absolute atomic E-state index is 0.0785. The molecule has 0 aliphatic carbocycles. The molecule has 1 amide bonds. The highest BCUT2D eigenvalue weighted by atomic mass is 32.1. The SMILES string of the molecule is O=C(CCCc1nc(-c2ccccc2)no1)Nc1nc(-c2ccc[nH]2)cs1. The molecule has 0 spiro atoms. The predicted octanol–water partition coefficient (Wildman–Crippen LogP) is 4.15. The molecule has 0 saturated heterocycles. The molecular formula is C19H17N5O2S. The predicted molar refractivity (Wildman–Crippen MR) is 103 cm³/mol. The molecule has 0 unspecified atom stereocenters. The van der Waals surface area contributed by atoms with Gasteiger partial charge in [0.25, 0.3) is 0 Å².